The quantitative estimate of drug-likeness (QED) is 0.796. The van der Waals surface area contributed by atoms with Gasteiger partial charge in [0.2, 0.25) is 5.91 Å². The Morgan fingerprint density at radius 3 is 2.79 bits per heavy atom. The molecule has 0 spiro atoms. The van der Waals surface area contributed by atoms with Crippen molar-refractivity contribution in [3.8, 4) is 0 Å². The molecule has 0 aromatic heterocycles. The Morgan fingerprint density at radius 1 is 1.42 bits per heavy atom. The molecule has 19 heavy (non-hydrogen) atoms. The Morgan fingerprint density at radius 2 is 2.16 bits per heavy atom. The Kier molecular flexibility index (Phi) is 4.25. The molecule has 1 amide bonds. The molecule has 1 aliphatic heterocycles. The first-order valence-corrected chi connectivity index (χ1v) is 6.99. The summed E-state index contributed by atoms with van der Waals surface area (Å²) in [5.41, 5.74) is 0.777. The summed E-state index contributed by atoms with van der Waals surface area (Å²) in [5, 5.41) is 0.600. The largest absolute Gasteiger partial charge is 0.312 e. The average Bonchev–Trinajstić information content (AvgIpc) is 2.38. The first-order chi connectivity index (χ1) is 9.00. The molecule has 1 saturated heterocycles. The average molecular weight is 280 g/mol. The van der Waals surface area contributed by atoms with Gasteiger partial charge in [-0.15, -0.1) is 0 Å². The predicted molar refractivity (Wildman–Crippen MR) is 76.4 cm³/mol. The molecule has 0 saturated carbocycles. The van der Waals surface area contributed by atoms with E-state index in [-0.39, 0.29) is 17.6 Å². The highest BCUT2D eigenvalue weighted by Crippen LogP contribution is 2.28. The molecule has 4 heteroatoms. The Labute approximate surface area is 118 Å². The summed E-state index contributed by atoms with van der Waals surface area (Å²) in [5.74, 6) is -0.648. The number of carbonyl (C=O) groups is 2. The molecule has 1 atom stereocenters. The van der Waals surface area contributed by atoms with Crippen molar-refractivity contribution in [2.75, 3.05) is 11.4 Å². The van der Waals surface area contributed by atoms with Crippen LogP contribution in [0.1, 0.15) is 26.7 Å². The maximum absolute atomic E-state index is 12.4. The standard InChI is InChI=1S/C15H18ClNO2/c1-10(2)14(18)13-7-4-8-17(15(13)19)12-6-3-5-11(16)9-12/h3,5-6,9-10,13H,4,7-8H2,1-2H3. The van der Waals surface area contributed by atoms with Gasteiger partial charge in [0, 0.05) is 23.2 Å². The molecular weight excluding hydrogens is 262 g/mol. The summed E-state index contributed by atoms with van der Waals surface area (Å²) < 4.78 is 0. The number of nitrogens with zero attached hydrogens (tertiary/aromatic N) is 1. The van der Waals surface area contributed by atoms with Crippen LogP contribution in [0.3, 0.4) is 0 Å². The van der Waals surface area contributed by atoms with E-state index in [1.165, 1.54) is 0 Å². The SMILES string of the molecule is CC(C)C(=O)C1CCCN(c2cccc(Cl)c2)C1=O. The van der Waals surface area contributed by atoms with E-state index in [1.807, 2.05) is 26.0 Å². The van der Waals surface area contributed by atoms with Crippen molar-refractivity contribution < 1.29 is 9.59 Å². The Hall–Kier alpha value is -1.35. The summed E-state index contributed by atoms with van der Waals surface area (Å²) in [6.45, 7) is 4.34. The maximum Gasteiger partial charge on any atom is 0.237 e. The molecule has 0 aliphatic carbocycles. The molecule has 1 heterocycles. The molecule has 2 rings (SSSR count). The highest BCUT2D eigenvalue weighted by atomic mass is 35.5. The van der Waals surface area contributed by atoms with Gasteiger partial charge in [0.25, 0.3) is 0 Å². The van der Waals surface area contributed by atoms with Gasteiger partial charge < -0.3 is 4.90 Å². The third-order valence-corrected chi connectivity index (χ3v) is 3.71. The Bertz CT molecular complexity index is 499. The van der Waals surface area contributed by atoms with Gasteiger partial charge >= 0.3 is 0 Å². The molecule has 3 nitrogen and oxygen atoms in total. The topological polar surface area (TPSA) is 37.4 Å². The summed E-state index contributed by atoms with van der Waals surface area (Å²) >= 11 is 5.96. The molecule has 1 aromatic rings. The van der Waals surface area contributed by atoms with Crippen molar-refractivity contribution in [3.05, 3.63) is 29.3 Å². The van der Waals surface area contributed by atoms with Crippen molar-refractivity contribution in [1.29, 1.82) is 0 Å². The normalized spacial score (nSPS) is 19.9. The monoisotopic (exact) mass is 279 g/mol. The van der Waals surface area contributed by atoms with E-state index in [1.54, 1.807) is 17.0 Å². The zero-order valence-corrected chi connectivity index (χ0v) is 12.0. The number of hydrogen-bond acceptors (Lipinski definition) is 2. The smallest absolute Gasteiger partial charge is 0.237 e. The molecule has 0 radical (unpaired) electrons. The molecule has 1 aliphatic rings. The maximum atomic E-state index is 12.4. The van der Waals surface area contributed by atoms with Gasteiger partial charge in [-0.3, -0.25) is 9.59 Å². The van der Waals surface area contributed by atoms with Crippen LogP contribution in [-0.4, -0.2) is 18.2 Å². The second-order valence-corrected chi connectivity index (χ2v) is 5.66. The van der Waals surface area contributed by atoms with E-state index in [2.05, 4.69) is 0 Å². The highest BCUT2D eigenvalue weighted by molar-refractivity contribution is 6.31. The highest BCUT2D eigenvalue weighted by Gasteiger charge is 2.35. The number of benzene rings is 1. The number of amides is 1. The van der Waals surface area contributed by atoms with Crippen LogP contribution < -0.4 is 4.90 Å². The number of hydrogen-bond donors (Lipinski definition) is 0. The molecule has 1 aromatic carbocycles. The fourth-order valence-corrected chi connectivity index (χ4v) is 2.63. The number of piperidine rings is 1. The third kappa shape index (κ3) is 2.98. The van der Waals surface area contributed by atoms with Crippen molar-refractivity contribution in [2.24, 2.45) is 11.8 Å². The fraction of sp³-hybridized carbons (Fsp3) is 0.467. The van der Waals surface area contributed by atoms with Crippen LogP contribution in [0.2, 0.25) is 5.02 Å². The van der Waals surface area contributed by atoms with Crippen LogP contribution in [0.25, 0.3) is 0 Å². The molecule has 0 bridgehead atoms. The van der Waals surface area contributed by atoms with E-state index in [4.69, 9.17) is 11.6 Å². The first-order valence-electron chi connectivity index (χ1n) is 6.61. The number of carbonyl (C=O) groups excluding carboxylic acids is 2. The van der Waals surface area contributed by atoms with E-state index in [9.17, 15) is 9.59 Å². The minimum absolute atomic E-state index is 0.0386. The van der Waals surface area contributed by atoms with E-state index >= 15 is 0 Å². The van der Waals surface area contributed by atoms with Gasteiger partial charge in [-0.1, -0.05) is 31.5 Å². The van der Waals surface area contributed by atoms with Gasteiger partial charge in [0.15, 0.2) is 0 Å². The van der Waals surface area contributed by atoms with Gasteiger partial charge in [-0.25, -0.2) is 0 Å². The zero-order valence-electron chi connectivity index (χ0n) is 11.2. The first kappa shape index (κ1) is 14.1. The van der Waals surface area contributed by atoms with Crippen molar-refractivity contribution in [1.82, 2.24) is 0 Å². The molecule has 1 fully saturated rings. The lowest BCUT2D eigenvalue weighted by atomic mass is 9.87. The van der Waals surface area contributed by atoms with E-state index in [0.717, 1.165) is 12.1 Å². The number of Topliss-reactive ketones (excluding diaryl/α,β-unsaturated/α-hetero) is 1. The lowest BCUT2D eigenvalue weighted by molar-refractivity contribution is -0.135. The third-order valence-electron chi connectivity index (χ3n) is 3.47. The van der Waals surface area contributed by atoms with Gasteiger partial charge in [0.1, 0.15) is 5.78 Å². The van der Waals surface area contributed by atoms with E-state index in [0.29, 0.717) is 18.0 Å². The van der Waals surface area contributed by atoms with Crippen LogP contribution in [0.4, 0.5) is 5.69 Å². The fourth-order valence-electron chi connectivity index (χ4n) is 2.44. The lowest BCUT2D eigenvalue weighted by Gasteiger charge is -2.32. The second kappa shape index (κ2) is 5.74. The van der Waals surface area contributed by atoms with Crippen molar-refractivity contribution in [2.45, 2.75) is 26.7 Å². The predicted octanol–water partition coefficient (Wildman–Crippen LogP) is 3.31. The summed E-state index contributed by atoms with van der Waals surface area (Å²) in [7, 11) is 0. The lowest BCUT2D eigenvalue weighted by Crippen LogP contribution is -2.45. The number of anilines is 1. The second-order valence-electron chi connectivity index (χ2n) is 5.22. The molecule has 1 unspecified atom stereocenters. The summed E-state index contributed by atoms with van der Waals surface area (Å²) in [6, 6.07) is 7.21. The van der Waals surface area contributed by atoms with Crippen LogP contribution in [0, 0.1) is 11.8 Å². The van der Waals surface area contributed by atoms with Gasteiger partial charge in [0.05, 0.1) is 5.92 Å². The van der Waals surface area contributed by atoms with Crippen LogP contribution >= 0.6 is 11.6 Å². The van der Waals surface area contributed by atoms with Crippen molar-refractivity contribution >= 4 is 29.0 Å². The number of halogens is 1. The van der Waals surface area contributed by atoms with Crippen LogP contribution in [-0.2, 0) is 9.59 Å². The minimum atomic E-state index is -0.493. The number of rotatable bonds is 3. The van der Waals surface area contributed by atoms with Crippen LogP contribution in [0.5, 0.6) is 0 Å². The van der Waals surface area contributed by atoms with Gasteiger partial charge in [-0.05, 0) is 31.0 Å². The van der Waals surface area contributed by atoms with Crippen LogP contribution in [0.15, 0.2) is 24.3 Å². The molecular formula is C15H18ClNO2. The van der Waals surface area contributed by atoms with E-state index < -0.39 is 5.92 Å². The molecule has 102 valence electrons. The minimum Gasteiger partial charge on any atom is -0.312 e. The Balaban J connectivity index is 2.23. The summed E-state index contributed by atoms with van der Waals surface area (Å²) in [6.07, 6.45) is 1.51. The zero-order chi connectivity index (χ0) is 14.0. The number of ketones is 1. The van der Waals surface area contributed by atoms with Crippen molar-refractivity contribution in [3.63, 3.8) is 0 Å². The summed E-state index contributed by atoms with van der Waals surface area (Å²) in [4.78, 5) is 26.2. The van der Waals surface area contributed by atoms with Gasteiger partial charge in [-0.2, -0.15) is 0 Å². The molecule has 0 N–H and O–H groups in total.